The number of nitrogens with zero attached hydrogens (tertiary/aromatic N) is 2. The van der Waals surface area contributed by atoms with Crippen molar-refractivity contribution >= 4 is 43.9 Å². The van der Waals surface area contributed by atoms with Gasteiger partial charge in [0.25, 0.3) is 5.56 Å². The number of H-pyrrole nitrogens is 1. The first-order chi connectivity index (χ1) is 15.0. The summed E-state index contributed by atoms with van der Waals surface area (Å²) in [4.78, 5) is 43.4. The van der Waals surface area contributed by atoms with Gasteiger partial charge in [-0.25, -0.2) is 14.2 Å². The number of aromatic nitrogens is 3. The van der Waals surface area contributed by atoms with Crippen LogP contribution in [-0.4, -0.2) is 20.4 Å². The Morgan fingerprint density at radius 2 is 1.97 bits per heavy atom. The summed E-state index contributed by atoms with van der Waals surface area (Å²) in [6.07, 6.45) is -4.84. The molecular formula is C19H12F4N4O3S2. The summed E-state index contributed by atoms with van der Waals surface area (Å²) in [5.41, 5.74) is -1.84. The van der Waals surface area contributed by atoms with Gasteiger partial charge in [0.05, 0.1) is 23.1 Å². The van der Waals surface area contributed by atoms with Crippen LogP contribution in [0.1, 0.15) is 11.1 Å². The van der Waals surface area contributed by atoms with Crippen molar-refractivity contribution in [3.63, 3.8) is 0 Å². The molecule has 0 aliphatic carbocycles. The number of carbonyl (C=O) groups is 1. The summed E-state index contributed by atoms with van der Waals surface area (Å²) in [6.45, 7) is 0. The minimum Gasteiger partial charge on any atom is -0.302 e. The van der Waals surface area contributed by atoms with Crippen LogP contribution in [0.3, 0.4) is 0 Å². The lowest BCUT2D eigenvalue weighted by Gasteiger charge is -2.08. The third-order valence-electron chi connectivity index (χ3n) is 4.58. The van der Waals surface area contributed by atoms with Gasteiger partial charge in [-0.15, -0.1) is 22.7 Å². The van der Waals surface area contributed by atoms with Gasteiger partial charge in [0.15, 0.2) is 5.13 Å². The van der Waals surface area contributed by atoms with E-state index in [-0.39, 0.29) is 28.2 Å². The van der Waals surface area contributed by atoms with Crippen molar-refractivity contribution in [2.24, 2.45) is 7.05 Å². The van der Waals surface area contributed by atoms with E-state index >= 15 is 0 Å². The Bertz CT molecular complexity index is 1470. The maximum Gasteiger partial charge on any atom is 0.416 e. The molecule has 7 nitrogen and oxygen atoms in total. The number of hydrogen-bond donors (Lipinski definition) is 2. The second-order valence-corrected chi connectivity index (χ2v) is 8.45. The van der Waals surface area contributed by atoms with Crippen LogP contribution in [-0.2, 0) is 24.4 Å². The van der Waals surface area contributed by atoms with Gasteiger partial charge in [-0.1, -0.05) is 0 Å². The smallest absolute Gasteiger partial charge is 0.302 e. The number of aromatic amines is 1. The van der Waals surface area contributed by atoms with Gasteiger partial charge < -0.3 is 5.32 Å². The molecule has 1 aromatic carbocycles. The van der Waals surface area contributed by atoms with Gasteiger partial charge in [-0.3, -0.25) is 19.1 Å². The van der Waals surface area contributed by atoms with Crippen molar-refractivity contribution < 1.29 is 22.4 Å². The minimum absolute atomic E-state index is 0.0731. The molecule has 3 heterocycles. The summed E-state index contributed by atoms with van der Waals surface area (Å²) in [5.74, 6) is -1.59. The predicted molar refractivity (Wildman–Crippen MR) is 113 cm³/mol. The minimum atomic E-state index is -4.67. The Morgan fingerprint density at radius 3 is 2.66 bits per heavy atom. The molecule has 0 spiro atoms. The Hall–Kier alpha value is -3.32. The number of halogens is 4. The first kappa shape index (κ1) is 21.9. The summed E-state index contributed by atoms with van der Waals surface area (Å²) >= 11 is 2.09. The summed E-state index contributed by atoms with van der Waals surface area (Å²) < 4.78 is 53.2. The largest absolute Gasteiger partial charge is 0.416 e. The van der Waals surface area contributed by atoms with E-state index in [0.717, 1.165) is 39.4 Å². The molecule has 13 heteroatoms. The molecule has 0 saturated carbocycles. The molecule has 4 aromatic rings. The molecule has 1 amide bonds. The van der Waals surface area contributed by atoms with Gasteiger partial charge in [0, 0.05) is 18.0 Å². The second-order valence-electron chi connectivity index (χ2n) is 6.71. The number of thiazole rings is 1. The van der Waals surface area contributed by atoms with Crippen LogP contribution in [0, 0.1) is 5.82 Å². The molecule has 0 bridgehead atoms. The van der Waals surface area contributed by atoms with Crippen LogP contribution in [0.5, 0.6) is 0 Å². The van der Waals surface area contributed by atoms with E-state index in [1.54, 1.807) is 5.38 Å². The van der Waals surface area contributed by atoms with E-state index in [4.69, 9.17) is 0 Å². The lowest BCUT2D eigenvalue weighted by Crippen LogP contribution is -2.32. The number of anilines is 1. The number of nitrogens with one attached hydrogen (secondary N) is 2. The number of thiophene rings is 1. The quantitative estimate of drug-likeness (QED) is 0.431. The van der Waals surface area contributed by atoms with Crippen molar-refractivity contribution in [1.29, 1.82) is 0 Å². The van der Waals surface area contributed by atoms with Gasteiger partial charge in [0.2, 0.25) is 5.91 Å². The first-order valence-electron chi connectivity index (χ1n) is 8.86. The molecule has 0 unspecified atom stereocenters. The zero-order chi connectivity index (χ0) is 23.2. The molecule has 0 saturated heterocycles. The molecular weight excluding hydrogens is 472 g/mol. The lowest BCUT2D eigenvalue weighted by molar-refractivity contribution is -0.137. The van der Waals surface area contributed by atoms with Crippen LogP contribution < -0.4 is 16.6 Å². The van der Waals surface area contributed by atoms with E-state index in [1.807, 2.05) is 0 Å². The first-order valence-corrected chi connectivity index (χ1v) is 10.6. The third-order valence-corrected chi connectivity index (χ3v) is 6.29. The number of hydrogen-bond acceptors (Lipinski definition) is 6. The second kappa shape index (κ2) is 7.98. The molecule has 0 aliphatic rings. The fraction of sp³-hybridized carbons (Fsp3) is 0.158. The van der Waals surface area contributed by atoms with Gasteiger partial charge in [0.1, 0.15) is 10.6 Å². The highest BCUT2D eigenvalue weighted by Crippen LogP contribution is 2.33. The zero-order valence-electron chi connectivity index (χ0n) is 16.0. The van der Waals surface area contributed by atoms with Crippen molar-refractivity contribution in [2.75, 3.05) is 5.32 Å². The van der Waals surface area contributed by atoms with E-state index in [1.165, 1.54) is 12.4 Å². The van der Waals surface area contributed by atoms with Crippen LogP contribution in [0.2, 0.25) is 0 Å². The highest BCUT2D eigenvalue weighted by Gasteiger charge is 2.31. The van der Waals surface area contributed by atoms with Crippen LogP contribution in [0.4, 0.5) is 22.7 Å². The van der Waals surface area contributed by atoms with Gasteiger partial charge in [-0.05, 0) is 29.1 Å². The van der Waals surface area contributed by atoms with Gasteiger partial charge >= 0.3 is 11.9 Å². The average molecular weight is 484 g/mol. The molecule has 32 heavy (non-hydrogen) atoms. The molecule has 2 N–H and O–H groups in total. The lowest BCUT2D eigenvalue weighted by atomic mass is 10.1. The average Bonchev–Trinajstić information content (AvgIpc) is 3.32. The van der Waals surface area contributed by atoms with E-state index in [9.17, 15) is 31.9 Å². The standard InChI is InChI=1S/C19H12F4N4O3S2/c1-27-16(29)14-8(6-31-15(14)26-18(27)30)4-13(28)25-17-24-12(7-32-17)10-3-2-9(5-11(10)20)19(21,22)23/h2-3,5-7H,4H2,1H3,(H,26,30)(H,24,25,28). The maximum absolute atomic E-state index is 14.2. The monoisotopic (exact) mass is 484 g/mol. The van der Waals surface area contributed by atoms with Crippen molar-refractivity contribution in [2.45, 2.75) is 12.6 Å². The van der Waals surface area contributed by atoms with Crippen LogP contribution in [0.25, 0.3) is 21.5 Å². The fourth-order valence-corrected chi connectivity index (χ4v) is 4.65. The van der Waals surface area contributed by atoms with E-state index in [2.05, 4.69) is 15.3 Å². The Morgan fingerprint density at radius 1 is 1.22 bits per heavy atom. The molecule has 0 aliphatic heterocycles. The maximum atomic E-state index is 14.2. The number of fused-ring (bicyclic) bond motifs is 1. The molecule has 0 fully saturated rings. The Labute approximate surface area is 184 Å². The third kappa shape index (κ3) is 4.08. The fourth-order valence-electron chi connectivity index (χ4n) is 2.98. The topological polar surface area (TPSA) is 96.8 Å². The number of alkyl halides is 3. The van der Waals surface area contributed by atoms with Crippen LogP contribution >= 0.6 is 22.7 Å². The SMILES string of the molecule is Cn1c(=O)[nH]c2scc(CC(=O)Nc3nc(-c4ccc(C(F)(F)F)cc4F)cs3)c2c1=O. The van der Waals surface area contributed by atoms with E-state index < -0.39 is 34.7 Å². The normalized spacial score (nSPS) is 11.8. The highest BCUT2D eigenvalue weighted by atomic mass is 32.1. The number of amides is 1. The highest BCUT2D eigenvalue weighted by molar-refractivity contribution is 7.17. The zero-order valence-corrected chi connectivity index (χ0v) is 17.7. The van der Waals surface area contributed by atoms with Crippen molar-refractivity contribution in [1.82, 2.24) is 14.5 Å². The number of benzene rings is 1. The molecule has 0 radical (unpaired) electrons. The molecule has 0 atom stereocenters. The number of rotatable bonds is 4. The van der Waals surface area contributed by atoms with Crippen molar-refractivity contribution in [3.8, 4) is 11.3 Å². The van der Waals surface area contributed by atoms with Crippen molar-refractivity contribution in [3.05, 3.63) is 66.7 Å². The number of carbonyl (C=O) groups excluding carboxylic acids is 1. The Kier molecular flexibility index (Phi) is 5.46. The predicted octanol–water partition coefficient (Wildman–Crippen LogP) is 3.75. The van der Waals surface area contributed by atoms with E-state index in [0.29, 0.717) is 16.5 Å². The Balaban J connectivity index is 1.53. The summed E-state index contributed by atoms with van der Waals surface area (Å²) in [7, 11) is 1.32. The van der Waals surface area contributed by atoms with Crippen LogP contribution in [0.15, 0.2) is 38.5 Å². The van der Waals surface area contributed by atoms with Gasteiger partial charge in [-0.2, -0.15) is 13.2 Å². The molecule has 3 aromatic heterocycles. The summed E-state index contributed by atoms with van der Waals surface area (Å²) in [5, 5.41) is 5.87. The summed E-state index contributed by atoms with van der Waals surface area (Å²) in [6, 6.07) is 2.12. The molecule has 166 valence electrons. The molecule has 4 rings (SSSR count).